The SMILES string of the molecule is O=C(CO[C@H]1CCOC2(C1)CN(C1CCOCC1)C2)N1CCCC1. The first-order valence-corrected chi connectivity index (χ1v) is 9.59. The largest absolute Gasteiger partial charge is 0.381 e. The van der Waals surface area contributed by atoms with Gasteiger partial charge in [-0.2, -0.15) is 0 Å². The van der Waals surface area contributed by atoms with E-state index in [-0.39, 0.29) is 24.2 Å². The molecule has 6 nitrogen and oxygen atoms in total. The first-order valence-electron chi connectivity index (χ1n) is 9.59. The number of hydrogen-bond acceptors (Lipinski definition) is 5. The van der Waals surface area contributed by atoms with Crippen LogP contribution in [0.5, 0.6) is 0 Å². The summed E-state index contributed by atoms with van der Waals surface area (Å²) in [6, 6.07) is 0.658. The van der Waals surface area contributed by atoms with E-state index in [0.29, 0.717) is 6.04 Å². The van der Waals surface area contributed by atoms with Gasteiger partial charge in [-0.05, 0) is 32.1 Å². The van der Waals surface area contributed by atoms with Crippen LogP contribution in [0.3, 0.4) is 0 Å². The van der Waals surface area contributed by atoms with Crippen LogP contribution in [0.2, 0.25) is 0 Å². The van der Waals surface area contributed by atoms with Crippen molar-refractivity contribution >= 4 is 5.91 Å². The average molecular weight is 338 g/mol. The van der Waals surface area contributed by atoms with E-state index in [1.165, 1.54) is 0 Å². The Hall–Kier alpha value is -0.690. The topological polar surface area (TPSA) is 51.2 Å². The fourth-order valence-corrected chi connectivity index (χ4v) is 4.59. The third kappa shape index (κ3) is 3.62. The van der Waals surface area contributed by atoms with Crippen LogP contribution in [-0.4, -0.2) is 86.1 Å². The van der Waals surface area contributed by atoms with Crippen molar-refractivity contribution in [3.63, 3.8) is 0 Å². The number of carbonyl (C=O) groups excluding carboxylic acids is 1. The maximum Gasteiger partial charge on any atom is 0.248 e. The molecule has 1 spiro atoms. The molecule has 4 aliphatic heterocycles. The zero-order valence-corrected chi connectivity index (χ0v) is 14.6. The van der Waals surface area contributed by atoms with Crippen molar-refractivity contribution in [3.05, 3.63) is 0 Å². The summed E-state index contributed by atoms with van der Waals surface area (Å²) in [5.74, 6) is 0.158. The van der Waals surface area contributed by atoms with E-state index < -0.39 is 0 Å². The molecule has 0 bridgehead atoms. The molecule has 4 rings (SSSR count). The van der Waals surface area contributed by atoms with Crippen LogP contribution in [-0.2, 0) is 19.0 Å². The predicted molar refractivity (Wildman–Crippen MR) is 88.9 cm³/mol. The summed E-state index contributed by atoms with van der Waals surface area (Å²) in [4.78, 5) is 16.6. The maximum absolute atomic E-state index is 12.1. The second-order valence-corrected chi connectivity index (χ2v) is 7.79. The third-order valence-electron chi connectivity index (χ3n) is 6.04. The average Bonchev–Trinajstić information content (AvgIpc) is 3.13. The first kappa shape index (κ1) is 16.8. The standard InChI is InChI=1S/C18H30N2O4/c21-17(19-6-1-2-7-19)12-23-16-5-10-24-18(11-16)13-20(14-18)15-3-8-22-9-4-15/h15-16H,1-14H2/t16-/m0/s1. The van der Waals surface area contributed by atoms with Gasteiger partial charge in [-0.15, -0.1) is 0 Å². The normalized spacial score (nSPS) is 31.3. The van der Waals surface area contributed by atoms with Crippen LogP contribution < -0.4 is 0 Å². The van der Waals surface area contributed by atoms with Crippen molar-refractivity contribution < 1.29 is 19.0 Å². The Balaban J connectivity index is 1.22. The van der Waals surface area contributed by atoms with Gasteiger partial charge in [-0.25, -0.2) is 0 Å². The van der Waals surface area contributed by atoms with Gasteiger partial charge in [0, 0.05) is 58.5 Å². The maximum atomic E-state index is 12.1. The lowest BCUT2D eigenvalue weighted by Gasteiger charge is -2.56. The summed E-state index contributed by atoms with van der Waals surface area (Å²) >= 11 is 0. The number of hydrogen-bond donors (Lipinski definition) is 0. The fourth-order valence-electron chi connectivity index (χ4n) is 4.59. The van der Waals surface area contributed by atoms with Crippen molar-refractivity contribution in [2.75, 3.05) is 52.6 Å². The molecule has 4 heterocycles. The zero-order chi connectivity index (χ0) is 16.4. The minimum atomic E-state index is -0.0298. The molecule has 4 saturated heterocycles. The molecule has 4 aliphatic rings. The van der Waals surface area contributed by atoms with Crippen LogP contribution in [0.25, 0.3) is 0 Å². The third-order valence-corrected chi connectivity index (χ3v) is 6.04. The van der Waals surface area contributed by atoms with E-state index >= 15 is 0 Å². The van der Waals surface area contributed by atoms with Gasteiger partial charge >= 0.3 is 0 Å². The first-order chi connectivity index (χ1) is 11.7. The monoisotopic (exact) mass is 338 g/mol. The Morgan fingerprint density at radius 1 is 1.08 bits per heavy atom. The summed E-state index contributed by atoms with van der Waals surface area (Å²) < 4.78 is 17.5. The smallest absolute Gasteiger partial charge is 0.248 e. The minimum Gasteiger partial charge on any atom is -0.381 e. The molecule has 0 unspecified atom stereocenters. The van der Waals surface area contributed by atoms with Crippen LogP contribution in [0, 0.1) is 0 Å². The molecule has 0 aromatic heterocycles. The summed E-state index contributed by atoms with van der Waals surface area (Å²) in [6.45, 7) is 6.60. The second kappa shape index (κ2) is 7.28. The van der Waals surface area contributed by atoms with E-state index in [1.807, 2.05) is 4.90 Å². The van der Waals surface area contributed by atoms with E-state index in [1.54, 1.807) is 0 Å². The van der Waals surface area contributed by atoms with E-state index in [0.717, 1.165) is 84.5 Å². The van der Waals surface area contributed by atoms with Gasteiger partial charge in [-0.3, -0.25) is 9.69 Å². The lowest BCUT2D eigenvalue weighted by Crippen LogP contribution is -2.68. The fraction of sp³-hybridized carbons (Fsp3) is 0.944. The number of ether oxygens (including phenoxy) is 3. The minimum absolute atomic E-state index is 0.0298. The Kier molecular flexibility index (Phi) is 5.08. The lowest BCUT2D eigenvalue weighted by molar-refractivity contribution is -0.210. The molecule has 0 saturated carbocycles. The molecule has 24 heavy (non-hydrogen) atoms. The van der Waals surface area contributed by atoms with E-state index in [9.17, 15) is 4.79 Å². The summed E-state index contributed by atoms with van der Waals surface area (Å²) in [6.07, 6.45) is 6.55. The Bertz CT molecular complexity index is 440. The Morgan fingerprint density at radius 3 is 2.58 bits per heavy atom. The van der Waals surface area contributed by atoms with Crippen molar-refractivity contribution in [3.8, 4) is 0 Å². The molecule has 0 aliphatic carbocycles. The quantitative estimate of drug-likeness (QED) is 0.767. The number of likely N-dealkylation sites (tertiary alicyclic amines) is 2. The molecule has 0 aromatic rings. The van der Waals surface area contributed by atoms with Gasteiger partial charge in [0.25, 0.3) is 0 Å². The molecule has 0 aromatic carbocycles. The molecule has 1 atom stereocenters. The summed E-state index contributed by atoms with van der Waals surface area (Å²) in [7, 11) is 0. The molecule has 0 radical (unpaired) electrons. The van der Waals surface area contributed by atoms with Gasteiger partial charge in [0.05, 0.1) is 11.7 Å². The van der Waals surface area contributed by atoms with Crippen molar-refractivity contribution in [1.82, 2.24) is 9.80 Å². The number of amides is 1. The molecule has 1 amide bonds. The van der Waals surface area contributed by atoms with Crippen LogP contribution in [0.15, 0.2) is 0 Å². The summed E-state index contributed by atoms with van der Waals surface area (Å²) in [5.41, 5.74) is -0.0298. The van der Waals surface area contributed by atoms with Gasteiger partial charge in [-0.1, -0.05) is 0 Å². The lowest BCUT2D eigenvalue weighted by atomic mass is 9.82. The van der Waals surface area contributed by atoms with Gasteiger partial charge in [0.2, 0.25) is 5.91 Å². The number of carbonyl (C=O) groups is 1. The van der Waals surface area contributed by atoms with Crippen molar-refractivity contribution in [2.24, 2.45) is 0 Å². The molecule has 136 valence electrons. The number of rotatable bonds is 4. The molecular formula is C18H30N2O4. The van der Waals surface area contributed by atoms with Crippen molar-refractivity contribution in [2.45, 2.75) is 56.3 Å². The molecule has 4 fully saturated rings. The summed E-state index contributed by atoms with van der Waals surface area (Å²) in [5, 5.41) is 0. The zero-order valence-electron chi connectivity index (χ0n) is 14.6. The van der Waals surface area contributed by atoms with Gasteiger partial charge in [0.1, 0.15) is 6.61 Å². The van der Waals surface area contributed by atoms with E-state index in [4.69, 9.17) is 14.2 Å². The highest BCUT2D eigenvalue weighted by atomic mass is 16.5. The van der Waals surface area contributed by atoms with Crippen LogP contribution in [0.4, 0.5) is 0 Å². The molecule has 0 N–H and O–H groups in total. The Labute approximate surface area is 144 Å². The van der Waals surface area contributed by atoms with E-state index in [2.05, 4.69) is 4.90 Å². The highest BCUT2D eigenvalue weighted by molar-refractivity contribution is 5.77. The van der Waals surface area contributed by atoms with Gasteiger partial charge in [0.15, 0.2) is 0 Å². The predicted octanol–water partition coefficient (Wildman–Crippen LogP) is 1.04. The Morgan fingerprint density at radius 2 is 1.83 bits per heavy atom. The second-order valence-electron chi connectivity index (χ2n) is 7.79. The van der Waals surface area contributed by atoms with Gasteiger partial charge < -0.3 is 19.1 Å². The van der Waals surface area contributed by atoms with Crippen LogP contribution in [0.1, 0.15) is 38.5 Å². The number of nitrogens with zero attached hydrogens (tertiary/aromatic N) is 2. The van der Waals surface area contributed by atoms with Crippen LogP contribution >= 0.6 is 0 Å². The molecule has 6 heteroatoms. The highest BCUT2D eigenvalue weighted by Crippen LogP contribution is 2.37. The molecular weight excluding hydrogens is 308 g/mol. The van der Waals surface area contributed by atoms with Crippen molar-refractivity contribution in [1.29, 1.82) is 0 Å². The highest BCUT2D eigenvalue weighted by Gasteiger charge is 2.49.